The maximum atomic E-state index is 11.5. The van der Waals surface area contributed by atoms with E-state index in [4.69, 9.17) is 11.5 Å². The van der Waals surface area contributed by atoms with Crippen molar-refractivity contribution < 1.29 is 9.59 Å². The van der Waals surface area contributed by atoms with E-state index in [1.807, 2.05) is 6.07 Å². The molecular formula is C12H17N3O2. The fourth-order valence-corrected chi connectivity index (χ4v) is 1.46. The van der Waals surface area contributed by atoms with Crippen LogP contribution in [0.15, 0.2) is 30.3 Å². The molecule has 1 rings (SSSR count). The van der Waals surface area contributed by atoms with Gasteiger partial charge in [0.25, 0.3) is 0 Å². The third-order valence-electron chi connectivity index (χ3n) is 2.33. The summed E-state index contributed by atoms with van der Waals surface area (Å²) >= 11 is 0. The number of nitrogens with two attached hydrogens (primary N) is 2. The van der Waals surface area contributed by atoms with Crippen LogP contribution in [0.5, 0.6) is 0 Å². The van der Waals surface area contributed by atoms with Crippen molar-refractivity contribution in [3.8, 4) is 0 Å². The molecule has 1 atom stereocenters. The molecule has 0 saturated heterocycles. The van der Waals surface area contributed by atoms with Gasteiger partial charge in [-0.15, -0.1) is 0 Å². The lowest BCUT2D eigenvalue weighted by atomic mass is 10.1. The number of rotatable bonds is 6. The van der Waals surface area contributed by atoms with Crippen LogP contribution >= 0.6 is 0 Å². The summed E-state index contributed by atoms with van der Waals surface area (Å²) in [6, 6.07) is 8.13. The van der Waals surface area contributed by atoms with E-state index in [2.05, 4.69) is 5.32 Å². The largest absolute Gasteiger partial charge is 0.368 e. The predicted molar refractivity (Wildman–Crippen MR) is 64.8 cm³/mol. The molecule has 0 fully saturated rings. The molecule has 0 aliphatic carbocycles. The molecular weight excluding hydrogens is 218 g/mol. The SMILES string of the molecule is NCCCC(=O)NC(C(N)=O)c1ccccc1. The molecule has 1 unspecified atom stereocenters. The lowest BCUT2D eigenvalue weighted by Crippen LogP contribution is -2.37. The molecule has 0 spiro atoms. The van der Waals surface area contributed by atoms with Crippen molar-refractivity contribution in [1.29, 1.82) is 0 Å². The minimum absolute atomic E-state index is 0.219. The Morgan fingerprint density at radius 2 is 1.88 bits per heavy atom. The summed E-state index contributed by atoms with van der Waals surface area (Å²) in [4.78, 5) is 22.8. The normalized spacial score (nSPS) is 11.8. The topological polar surface area (TPSA) is 98.2 Å². The average molecular weight is 235 g/mol. The standard InChI is InChI=1S/C12H17N3O2/c13-8-4-7-10(16)15-11(12(14)17)9-5-2-1-3-6-9/h1-3,5-6,11H,4,7-8,13H2,(H2,14,17)(H,15,16). The van der Waals surface area contributed by atoms with Crippen molar-refractivity contribution >= 4 is 11.8 Å². The van der Waals surface area contributed by atoms with E-state index in [1.165, 1.54) is 0 Å². The molecule has 2 amide bonds. The third kappa shape index (κ3) is 4.24. The van der Waals surface area contributed by atoms with E-state index in [0.29, 0.717) is 24.9 Å². The Morgan fingerprint density at radius 1 is 1.24 bits per heavy atom. The second-order valence-electron chi connectivity index (χ2n) is 3.71. The second-order valence-corrected chi connectivity index (χ2v) is 3.71. The molecule has 0 saturated carbocycles. The van der Waals surface area contributed by atoms with Crippen molar-refractivity contribution in [3.63, 3.8) is 0 Å². The van der Waals surface area contributed by atoms with Gasteiger partial charge in [0, 0.05) is 6.42 Å². The van der Waals surface area contributed by atoms with Crippen molar-refractivity contribution in [3.05, 3.63) is 35.9 Å². The van der Waals surface area contributed by atoms with E-state index in [1.54, 1.807) is 24.3 Å². The quantitative estimate of drug-likeness (QED) is 0.650. The fraction of sp³-hybridized carbons (Fsp3) is 0.333. The first-order valence-electron chi connectivity index (χ1n) is 5.49. The number of benzene rings is 1. The second kappa shape index (κ2) is 6.65. The third-order valence-corrected chi connectivity index (χ3v) is 2.33. The highest BCUT2D eigenvalue weighted by molar-refractivity contribution is 5.87. The van der Waals surface area contributed by atoms with Crippen LogP contribution in [0.25, 0.3) is 0 Å². The Bertz CT molecular complexity index is 379. The summed E-state index contributed by atoms with van der Waals surface area (Å²) in [5.74, 6) is -0.791. The molecule has 92 valence electrons. The number of carbonyl (C=O) groups is 2. The summed E-state index contributed by atoms with van der Waals surface area (Å²) in [7, 11) is 0. The van der Waals surface area contributed by atoms with Gasteiger partial charge in [0.1, 0.15) is 6.04 Å². The maximum Gasteiger partial charge on any atom is 0.244 e. The predicted octanol–water partition coefficient (Wildman–Crippen LogP) is 0.0681. The van der Waals surface area contributed by atoms with Crippen LogP contribution < -0.4 is 16.8 Å². The minimum atomic E-state index is -0.776. The molecule has 17 heavy (non-hydrogen) atoms. The van der Waals surface area contributed by atoms with E-state index in [9.17, 15) is 9.59 Å². The summed E-state index contributed by atoms with van der Waals surface area (Å²) < 4.78 is 0. The summed E-state index contributed by atoms with van der Waals surface area (Å²) in [5, 5.41) is 2.60. The molecule has 0 aliphatic heterocycles. The van der Waals surface area contributed by atoms with Gasteiger partial charge < -0.3 is 16.8 Å². The molecule has 1 aromatic rings. The minimum Gasteiger partial charge on any atom is -0.368 e. The van der Waals surface area contributed by atoms with E-state index in [0.717, 1.165) is 0 Å². The highest BCUT2D eigenvalue weighted by atomic mass is 16.2. The zero-order chi connectivity index (χ0) is 12.7. The van der Waals surface area contributed by atoms with Crippen molar-refractivity contribution in [2.24, 2.45) is 11.5 Å². The van der Waals surface area contributed by atoms with E-state index >= 15 is 0 Å². The Balaban J connectivity index is 2.68. The first-order chi connectivity index (χ1) is 8.15. The van der Waals surface area contributed by atoms with Gasteiger partial charge in [0.2, 0.25) is 11.8 Å². The Morgan fingerprint density at radius 3 is 2.41 bits per heavy atom. The van der Waals surface area contributed by atoms with Crippen molar-refractivity contribution in [1.82, 2.24) is 5.32 Å². The van der Waals surface area contributed by atoms with E-state index < -0.39 is 11.9 Å². The number of carbonyl (C=O) groups excluding carboxylic acids is 2. The Labute approximate surface area is 100 Å². The summed E-state index contributed by atoms with van der Waals surface area (Å²) in [5.41, 5.74) is 11.3. The van der Waals surface area contributed by atoms with Gasteiger partial charge in [-0.2, -0.15) is 0 Å². The first-order valence-corrected chi connectivity index (χ1v) is 5.49. The van der Waals surface area contributed by atoms with Gasteiger partial charge >= 0.3 is 0 Å². The smallest absolute Gasteiger partial charge is 0.244 e. The number of hydrogen-bond acceptors (Lipinski definition) is 3. The van der Waals surface area contributed by atoms with Gasteiger partial charge in [-0.25, -0.2) is 0 Å². The van der Waals surface area contributed by atoms with Gasteiger partial charge in [0.15, 0.2) is 0 Å². The molecule has 0 heterocycles. The number of hydrogen-bond donors (Lipinski definition) is 3. The van der Waals surface area contributed by atoms with Gasteiger partial charge in [0.05, 0.1) is 0 Å². The Kier molecular flexibility index (Phi) is 5.16. The lowest BCUT2D eigenvalue weighted by Gasteiger charge is -2.15. The average Bonchev–Trinajstić information content (AvgIpc) is 2.34. The molecule has 1 aromatic carbocycles. The molecule has 5 N–H and O–H groups in total. The van der Waals surface area contributed by atoms with Crippen molar-refractivity contribution in [2.45, 2.75) is 18.9 Å². The monoisotopic (exact) mass is 235 g/mol. The van der Waals surface area contributed by atoms with Crippen molar-refractivity contribution in [2.75, 3.05) is 6.54 Å². The van der Waals surface area contributed by atoms with Crippen LogP contribution in [0.1, 0.15) is 24.4 Å². The van der Waals surface area contributed by atoms with E-state index in [-0.39, 0.29) is 5.91 Å². The summed E-state index contributed by atoms with van der Waals surface area (Å²) in [6.45, 7) is 0.444. The van der Waals surface area contributed by atoms with Crippen LogP contribution in [0, 0.1) is 0 Å². The molecule has 5 nitrogen and oxygen atoms in total. The molecule has 0 bridgehead atoms. The number of nitrogens with one attached hydrogen (secondary N) is 1. The van der Waals surface area contributed by atoms with Gasteiger partial charge in [-0.3, -0.25) is 9.59 Å². The molecule has 5 heteroatoms. The molecule has 0 aromatic heterocycles. The van der Waals surface area contributed by atoms with Crippen LogP contribution in [0.3, 0.4) is 0 Å². The Hall–Kier alpha value is -1.88. The maximum absolute atomic E-state index is 11.5. The first kappa shape index (κ1) is 13.2. The highest BCUT2D eigenvalue weighted by Gasteiger charge is 2.19. The fourth-order valence-electron chi connectivity index (χ4n) is 1.46. The number of primary amides is 1. The molecule has 0 aliphatic rings. The summed E-state index contributed by atoms with van der Waals surface area (Å²) in [6.07, 6.45) is 0.888. The van der Waals surface area contributed by atoms with Gasteiger partial charge in [-0.1, -0.05) is 30.3 Å². The number of amides is 2. The lowest BCUT2D eigenvalue weighted by molar-refractivity contribution is -0.127. The van der Waals surface area contributed by atoms with Gasteiger partial charge in [-0.05, 0) is 18.5 Å². The van der Waals surface area contributed by atoms with Crippen LogP contribution in [-0.2, 0) is 9.59 Å². The zero-order valence-electron chi connectivity index (χ0n) is 9.56. The highest BCUT2D eigenvalue weighted by Crippen LogP contribution is 2.12. The van der Waals surface area contributed by atoms with Crippen LogP contribution in [0.2, 0.25) is 0 Å². The molecule has 0 radical (unpaired) electrons. The zero-order valence-corrected chi connectivity index (χ0v) is 9.56. The van der Waals surface area contributed by atoms with Crippen LogP contribution in [-0.4, -0.2) is 18.4 Å². The van der Waals surface area contributed by atoms with Crippen LogP contribution in [0.4, 0.5) is 0 Å².